The molecule has 0 saturated carbocycles. The van der Waals surface area contributed by atoms with Gasteiger partial charge < -0.3 is 10.2 Å². The SMILES string of the molecule is C[C@H]1CCCCN1C(=O)CSC1=C(C#N)[C@H](c2cccc(Br)c2)CC(=O)N1. The fourth-order valence-electron chi connectivity index (χ4n) is 3.63. The molecule has 0 radical (unpaired) electrons. The van der Waals surface area contributed by atoms with Crippen molar-refractivity contribution in [3.8, 4) is 6.07 Å². The molecule has 27 heavy (non-hydrogen) atoms. The van der Waals surface area contributed by atoms with E-state index in [4.69, 9.17) is 0 Å². The highest BCUT2D eigenvalue weighted by Crippen LogP contribution is 2.36. The molecule has 1 saturated heterocycles. The summed E-state index contributed by atoms with van der Waals surface area (Å²) in [5.41, 5.74) is 1.45. The van der Waals surface area contributed by atoms with E-state index in [2.05, 4.69) is 34.2 Å². The number of allylic oxidation sites excluding steroid dienone is 1. The molecule has 1 aromatic rings. The quantitative estimate of drug-likeness (QED) is 0.758. The number of amides is 2. The molecule has 0 aliphatic carbocycles. The zero-order chi connectivity index (χ0) is 19.4. The Morgan fingerprint density at radius 3 is 2.96 bits per heavy atom. The first-order valence-corrected chi connectivity index (χ1v) is 10.9. The van der Waals surface area contributed by atoms with Crippen LogP contribution < -0.4 is 5.32 Å². The molecular weight excluding hydrogens is 426 g/mol. The minimum absolute atomic E-state index is 0.0656. The van der Waals surface area contributed by atoms with Crippen LogP contribution in [0.2, 0.25) is 0 Å². The van der Waals surface area contributed by atoms with Gasteiger partial charge in [-0.3, -0.25) is 9.59 Å². The van der Waals surface area contributed by atoms with Gasteiger partial charge in [0, 0.05) is 29.4 Å². The van der Waals surface area contributed by atoms with Crippen LogP contribution in [0.5, 0.6) is 0 Å². The van der Waals surface area contributed by atoms with E-state index in [1.807, 2.05) is 29.2 Å². The van der Waals surface area contributed by atoms with Crippen LogP contribution in [-0.2, 0) is 9.59 Å². The van der Waals surface area contributed by atoms with Gasteiger partial charge >= 0.3 is 0 Å². The van der Waals surface area contributed by atoms with Crippen LogP contribution in [0, 0.1) is 11.3 Å². The summed E-state index contributed by atoms with van der Waals surface area (Å²) >= 11 is 4.71. The van der Waals surface area contributed by atoms with E-state index >= 15 is 0 Å². The Labute approximate surface area is 172 Å². The van der Waals surface area contributed by atoms with E-state index in [1.54, 1.807) is 0 Å². The molecule has 0 bridgehead atoms. The number of piperidine rings is 1. The van der Waals surface area contributed by atoms with Gasteiger partial charge in [0.1, 0.15) is 0 Å². The second-order valence-electron chi connectivity index (χ2n) is 6.94. The third-order valence-electron chi connectivity index (χ3n) is 5.07. The molecule has 1 fully saturated rings. The van der Waals surface area contributed by atoms with E-state index in [0.717, 1.165) is 35.8 Å². The van der Waals surface area contributed by atoms with Gasteiger partial charge in [-0.25, -0.2) is 0 Å². The number of rotatable bonds is 4. The lowest BCUT2D eigenvalue weighted by molar-refractivity contribution is -0.131. The Balaban J connectivity index is 1.78. The number of thioether (sulfide) groups is 1. The molecule has 2 heterocycles. The number of carbonyl (C=O) groups is 2. The van der Waals surface area contributed by atoms with Crippen LogP contribution >= 0.6 is 27.7 Å². The number of nitrogens with one attached hydrogen (secondary N) is 1. The zero-order valence-electron chi connectivity index (χ0n) is 15.2. The Kier molecular flexibility index (Phi) is 6.61. The minimum atomic E-state index is -0.284. The van der Waals surface area contributed by atoms with Crippen molar-refractivity contribution in [2.45, 2.75) is 44.6 Å². The van der Waals surface area contributed by atoms with Gasteiger partial charge in [-0.1, -0.05) is 39.8 Å². The van der Waals surface area contributed by atoms with Crippen LogP contribution in [0.4, 0.5) is 0 Å². The van der Waals surface area contributed by atoms with Crippen molar-refractivity contribution in [3.63, 3.8) is 0 Å². The van der Waals surface area contributed by atoms with Gasteiger partial charge in [-0.15, -0.1) is 0 Å². The number of likely N-dealkylation sites (tertiary alicyclic amines) is 1. The van der Waals surface area contributed by atoms with Gasteiger partial charge in [0.2, 0.25) is 11.8 Å². The number of hydrogen-bond donors (Lipinski definition) is 1. The van der Waals surface area contributed by atoms with Crippen molar-refractivity contribution < 1.29 is 9.59 Å². The predicted molar refractivity (Wildman–Crippen MR) is 110 cm³/mol. The fraction of sp³-hybridized carbons (Fsp3) is 0.450. The van der Waals surface area contributed by atoms with E-state index in [9.17, 15) is 14.9 Å². The molecule has 0 unspecified atom stereocenters. The Hall–Kier alpha value is -1.78. The first-order chi connectivity index (χ1) is 13.0. The zero-order valence-corrected chi connectivity index (χ0v) is 17.6. The molecule has 1 N–H and O–H groups in total. The maximum atomic E-state index is 12.6. The Morgan fingerprint density at radius 2 is 2.26 bits per heavy atom. The monoisotopic (exact) mass is 447 g/mol. The number of nitrogens with zero attached hydrogens (tertiary/aromatic N) is 2. The minimum Gasteiger partial charge on any atom is -0.339 e. The smallest absolute Gasteiger partial charge is 0.233 e. The lowest BCUT2D eigenvalue weighted by atomic mass is 9.87. The number of hydrogen-bond acceptors (Lipinski definition) is 4. The molecular formula is C20H22BrN3O2S. The van der Waals surface area contributed by atoms with E-state index in [-0.39, 0.29) is 35.9 Å². The lowest BCUT2D eigenvalue weighted by Gasteiger charge is -2.33. The van der Waals surface area contributed by atoms with Crippen LogP contribution in [-0.4, -0.2) is 35.1 Å². The maximum absolute atomic E-state index is 12.6. The first-order valence-electron chi connectivity index (χ1n) is 9.11. The van der Waals surface area contributed by atoms with Crippen molar-refractivity contribution in [2.75, 3.05) is 12.3 Å². The van der Waals surface area contributed by atoms with Crippen LogP contribution in [0.1, 0.15) is 44.1 Å². The summed E-state index contributed by atoms with van der Waals surface area (Å²) in [4.78, 5) is 26.7. The van der Waals surface area contributed by atoms with Crippen molar-refractivity contribution in [3.05, 3.63) is 44.9 Å². The number of halogens is 1. The van der Waals surface area contributed by atoms with Gasteiger partial charge in [-0.2, -0.15) is 5.26 Å². The standard InChI is InChI=1S/C20H22BrN3O2S/c1-13-5-2-3-8-24(13)19(26)12-27-20-17(11-22)16(10-18(25)23-20)14-6-4-7-15(21)9-14/h4,6-7,9,13,16H,2-3,5,8,10,12H2,1H3,(H,23,25)/t13-,16-/m0/s1. The molecule has 2 aliphatic rings. The Bertz CT molecular complexity index is 818. The normalized spacial score (nSPS) is 23.0. The third-order valence-corrected chi connectivity index (χ3v) is 6.57. The summed E-state index contributed by atoms with van der Waals surface area (Å²) in [6.07, 6.45) is 3.46. The third kappa shape index (κ3) is 4.74. The fourth-order valence-corrected chi connectivity index (χ4v) is 5.01. The highest BCUT2D eigenvalue weighted by Gasteiger charge is 2.31. The molecule has 7 heteroatoms. The number of carbonyl (C=O) groups excluding carboxylic acids is 2. The van der Waals surface area contributed by atoms with Crippen molar-refractivity contribution >= 4 is 39.5 Å². The van der Waals surface area contributed by atoms with Crippen LogP contribution in [0.3, 0.4) is 0 Å². The van der Waals surface area contributed by atoms with E-state index < -0.39 is 0 Å². The highest BCUT2D eigenvalue weighted by atomic mass is 79.9. The van der Waals surface area contributed by atoms with Gasteiger partial charge in [0.25, 0.3) is 0 Å². The summed E-state index contributed by atoms with van der Waals surface area (Å²) in [6.45, 7) is 2.87. The lowest BCUT2D eigenvalue weighted by Crippen LogP contribution is -2.43. The molecule has 3 rings (SSSR count). The van der Waals surface area contributed by atoms with Crippen molar-refractivity contribution in [2.24, 2.45) is 0 Å². The second kappa shape index (κ2) is 8.94. The van der Waals surface area contributed by atoms with Crippen LogP contribution in [0.15, 0.2) is 39.3 Å². The summed E-state index contributed by atoms with van der Waals surface area (Å²) < 4.78 is 0.909. The number of nitriles is 1. The predicted octanol–water partition coefficient (Wildman–Crippen LogP) is 3.92. The molecule has 0 spiro atoms. The average Bonchev–Trinajstić information content (AvgIpc) is 2.66. The van der Waals surface area contributed by atoms with Gasteiger partial charge in [0.15, 0.2) is 0 Å². The molecule has 5 nitrogen and oxygen atoms in total. The Morgan fingerprint density at radius 1 is 1.44 bits per heavy atom. The summed E-state index contributed by atoms with van der Waals surface area (Å²) in [5, 5.41) is 13.0. The molecule has 142 valence electrons. The van der Waals surface area contributed by atoms with E-state index in [1.165, 1.54) is 11.8 Å². The highest BCUT2D eigenvalue weighted by molar-refractivity contribution is 9.10. The topological polar surface area (TPSA) is 73.2 Å². The molecule has 1 aromatic carbocycles. The van der Waals surface area contributed by atoms with Crippen LogP contribution in [0.25, 0.3) is 0 Å². The summed E-state index contributed by atoms with van der Waals surface area (Å²) in [7, 11) is 0. The largest absolute Gasteiger partial charge is 0.339 e. The van der Waals surface area contributed by atoms with Gasteiger partial charge in [-0.05, 0) is 43.9 Å². The van der Waals surface area contributed by atoms with Crippen molar-refractivity contribution in [1.29, 1.82) is 5.26 Å². The number of benzene rings is 1. The summed E-state index contributed by atoms with van der Waals surface area (Å²) in [6, 6.07) is 10.2. The molecule has 2 aliphatic heterocycles. The molecule has 2 atom stereocenters. The van der Waals surface area contributed by atoms with E-state index in [0.29, 0.717) is 10.6 Å². The average molecular weight is 448 g/mol. The molecule has 0 aromatic heterocycles. The maximum Gasteiger partial charge on any atom is 0.233 e. The summed E-state index contributed by atoms with van der Waals surface area (Å²) in [5.74, 6) is -0.111. The van der Waals surface area contributed by atoms with Gasteiger partial charge in [0.05, 0.1) is 22.4 Å². The van der Waals surface area contributed by atoms with Crippen molar-refractivity contribution in [1.82, 2.24) is 10.2 Å². The molecule has 2 amide bonds. The first kappa shape index (κ1) is 20.0. The second-order valence-corrected chi connectivity index (χ2v) is 8.84.